The Hall–Kier alpha value is -2.87. The fourth-order valence-corrected chi connectivity index (χ4v) is 3.43. The van der Waals surface area contributed by atoms with E-state index in [1.807, 2.05) is 13.0 Å². The Bertz CT molecular complexity index is 1180. The van der Waals surface area contributed by atoms with E-state index < -0.39 is 11.9 Å². The molecule has 0 saturated carbocycles. The van der Waals surface area contributed by atoms with E-state index in [1.54, 1.807) is 48.5 Å². The summed E-state index contributed by atoms with van der Waals surface area (Å²) >= 11 is 15.2. The molecule has 0 heterocycles. The monoisotopic (exact) mass is 534 g/mol. The second kappa shape index (κ2) is 11.1. The van der Waals surface area contributed by atoms with Crippen LogP contribution in [0.5, 0.6) is 11.5 Å². The van der Waals surface area contributed by atoms with Gasteiger partial charge >= 0.3 is 5.97 Å². The van der Waals surface area contributed by atoms with Crippen molar-refractivity contribution in [2.24, 2.45) is 5.10 Å². The molecule has 32 heavy (non-hydrogen) atoms. The highest BCUT2D eigenvalue weighted by Gasteiger charge is 2.12. The van der Waals surface area contributed by atoms with Gasteiger partial charge in [0.1, 0.15) is 11.5 Å². The Morgan fingerprint density at radius 3 is 2.59 bits per heavy atom. The molecule has 0 aliphatic heterocycles. The highest BCUT2D eigenvalue weighted by atomic mass is 79.9. The van der Waals surface area contributed by atoms with Gasteiger partial charge in [-0.2, -0.15) is 5.10 Å². The second-order valence-electron chi connectivity index (χ2n) is 6.60. The molecule has 9 heteroatoms. The van der Waals surface area contributed by atoms with Crippen molar-refractivity contribution in [3.05, 3.63) is 91.9 Å². The summed E-state index contributed by atoms with van der Waals surface area (Å²) in [6.07, 6.45) is 1.37. The van der Waals surface area contributed by atoms with Crippen LogP contribution in [0.15, 0.2) is 70.2 Å². The lowest BCUT2D eigenvalue weighted by Gasteiger charge is -2.09. The summed E-state index contributed by atoms with van der Waals surface area (Å²) in [7, 11) is 0. The Morgan fingerprint density at radius 1 is 1.06 bits per heavy atom. The van der Waals surface area contributed by atoms with Crippen LogP contribution < -0.4 is 14.9 Å². The zero-order chi connectivity index (χ0) is 23.1. The van der Waals surface area contributed by atoms with Crippen LogP contribution in [0.3, 0.4) is 0 Å². The zero-order valence-corrected chi connectivity index (χ0v) is 19.9. The van der Waals surface area contributed by atoms with E-state index >= 15 is 0 Å². The first-order chi connectivity index (χ1) is 15.3. The molecule has 0 radical (unpaired) electrons. The third-order valence-electron chi connectivity index (χ3n) is 4.07. The highest BCUT2D eigenvalue weighted by molar-refractivity contribution is 9.10. The number of hydrogen-bond acceptors (Lipinski definition) is 5. The van der Waals surface area contributed by atoms with E-state index in [4.69, 9.17) is 32.7 Å². The van der Waals surface area contributed by atoms with Crippen molar-refractivity contribution < 1.29 is 19.1 Å². The Kier molecular flexibility index (Phi) is 8.27. The van der Waals surface area contributed by atoms with Crippen LogP contribution in [-0.2, 0) is 4.79 Å². The number of nitrogens with zero attached hydrogens (tertiary/aromatic N) is 1. The lowest BCUT2D eigenvalue weighted by Crippen LogP contribution is -2.24. The van der Waals surface area contributed by atoms with E-state index in [0.29, 0.717) is 32.7 Å². The molecule has 0 bridgehead atoms. The molecule has 3 aromatic rings. The molecule has 0 atom stereocenters. The number of ether oxygens (including phenoxy) is 2. The number of hydrazone groups is 1. The SMILES string of the molecule is Cc1cccc(C(=O)Oc2ccc(Br)cc2/C=N/NC(=O)COc2ccc(Cl)cc2Cl)c1. The molecule has 3 rings (SSSR count). The van der Waals surface area contributed by atoms with Crippen LogP contribution in [0.2, 0.25) is 10.0 Å². The van der Waals surface area contributed by atoms with Gasteiger partial charge < -0.3 is 9.47 Å². The number of halogens is 3. The minimum atomic E-state index is -0.499. The quantitative estimate of drug-likeness (QED) is 0.179. The van der Waals surface area contributed by atoms with E-state index in [2.05, 4.69) is 26.5 Å². The van der Waals surface area contributed by atoms with Gasteiger partial charge in [-0.3, -0.25) is 4.79 Å². The van der Waals surface area contributed by atoms with E-state index in [0.717, 1.165) is 10.0 Å². The van der Waals surface area contributed by atoms with Gasteiger partial charge in [0, 0.05) is 15.1 Å². The predicted octanol–water partition coefficient (Wildman–Crippen LogP) is 5.81. The summed E-state index contributed by atoms with van der Waals surface area (Å²) in [5, 5.41) is 4.67. The maximum absolute atomic E-state index is 12.5. The molecule has 0 aromatic heterocycles. The van der Waals surface area contributed by atoms with Crippen molar-refractivity contribution in [2.75, 3.05) is 6.61 Å². The summed E-state index contributed by atoms with van der Waals surface area (Å²) in [5.41, 5.74) is 4.22. The van der Waals surface area contributed by atoms with Gasteiger partial charge in [-0.05, 0) is 55.5 Å². The van der Waals surface area contributed by atoms with Crippen molar-refractivity contribution in [2.45, 2.75) is 6.92 Å². The van der Waals surface area contributed by atoms with Crippen molar-refractivity contribution in [3.8, 4) is 11.5 Å². The number of rotatable bonds is 7. The first-order valence-electron chi connectivity index (χ1n) is 9.30. The Labute approximate surface area is 203 Å². The summed E-state index contributed by atoms with van der Waals surface area (Å²) in [6, 6.07) is 16.8. The first-order valence-corrected chi connectivity index (χ1v) is 10.8. The normalized spacial score (nSPS) is 10.8. The summed E-state index contributed by atoms with van der Waals surface area (Å²) in [6.45, 7) is 1.59. The molecular formula is C23H17BrCl2N2O4. The van der Waals surface area contributed by atoms with Crippen LogP contribution in [0.4, 0.5) is 0 Å². The molecule has 0 unspecified atom stereocenters. The molecule has 0 aliphatic carbocycles. The maximum Gasteiger partial charge on any atom is 0.343 e. The number of carbonyl (C=O) groups is 2. The van der Waals surface area contributed by atoms with Crippen LogP contribution >= 0.6 is 39.1 Å². The number of benzene rings is 3. The fraction of sp³-hybridized carbons (Fsp3) is 0.0870. The molecule has 1 amide bonds. The topological polar surface area (TPSA) is 77.0 Å². The zero-order valence-electron chi connectivity index (χ0n) is 16.8. The van der Waals surface area contributed by atoms with Crippen LogP contribution in [0, 0.1) is 6.92 Å². The summed E-state index contributed by atoms with van der Waals surface area (Å²) in [4.78, 5) is 24.5. The molecule has 0 saturated heterocycles. The molecule has 3 aromatic carbocycles. The van der Waals surface area contributed by atoms with Gasteiger partial charge in [-0.1, -0.05) is 56.8 Å². The minimum absolute atomic E-state index is 0.293. The predicted molar refractivity (Wildman–Crippen MR) is 128 cm³/mol. The average Bonchev–Trinajstić information content (AvgIpc) is 2.75. The Morgan fingerprint density at radius 2 is 1.84 bits per heavy atom. The Balaban J connectivity index is 1.63. The smallest absolute Gasteiger partial charge is 0.343 e. The van der Waals surface area contributed by atoms with Crippen molar-refractivity contribution in [1.82, 2.24) is 5.43 Å². The molecule has 0 fully saturated rings. The third kappa shape index (κ3) is 6.82. The number of esters is 1. The van der Waals surface area contributed by atoms with Gasteiger partial charge in [-0.15, -0.1) is 0 Å². The maximum atomic E-state index is 12.5. The van der Waals surface area contributed by atoms with Crippen molar-refractivity contribution >= 4 is 57.2 Å². The van der Waals surface area contributed by atoms with E-state index in [9.17, 15) is 9.59 Å². The molecule has 0 aliphatic rings. The van der Waals surface area contributed by atoms with Crippen LogP contribution in [-0.4, -0.2) is 24.7 Å². The van der Waals surface area contributed by atoms with Crippen molar-refractivity contribution in [1.29, 1.82) is 0 Å². The molecular weight excluding hydrogens is 519 g/mol. The minimum Gasteiger partial charge on any atom is -0.482 e. The van der Waals surface area contributed by atoms with E-state index in [-0.39, 0.29) is 6.61 Å². The lowest BCUT2D eigenvalue weighted by molar-refractivity contribution is -0.123. The summed E-state index contributed by atoms with van der Waals surface area (Å²) in [5.74, 6) is -0.377. The molecule has 164 valence electrons. The molecule has 1 N–H and O–H groups in total. The average molecular weight is 536 g/mol. The number of carbonyl (C=O) groups excluding carboxylic acids is 2. The standard InChI is InChI=1S/C23H17BrCl2N2O4/c1-14-3-2-4-15(9-14)23(30)32-20-7-5-17(24)10-16(20)12-27-28-22(29)13-31-21-8-6-18(25)11-19(21)26/h2-12H,13H2,1H3,(H,28,29)/b27-12+. The van der Waals surface area contributed by atoms with Gasteiger partial charge in [0.25, 0.3) is 5.91 Å². The van der Waals surface area contributed by atoms with Gasteiger partial charge in [0.2, 0.25) is 0 Å². The van der Waals surface area contributed by atoms with Gasteiger partial charge in [0.15, 0.2) is 6.61 Å². The third-order valence-corrected chi connectivity index (χ3v) is 5.10. The second-order valence-corrected chi connectivity index (χ2v) is 8.36. The van der Waals surface area contributed by atoms with Crippen LogP contribution in [0.25, 0.3) is 0 Å². The van der Waals surface area contributed by atoms with Gasteiger partial charge in [0.05, 0.1) is 16.8 Å². The lowest BCUT2D eigenvalue weighted by atomic mass is 10.1. The highest BCUT2D eigenvalue weighted by Crippen LogP contribution is 2.27. The summed E-state index contributed by atoms with van der Waals surface area (Å²) < 4.78 is 11.6. The number of amides is 1. The van der Waals surface area contributed by atoms with E-state index in [1.165, 1.54) is 12.3 Å². The number of aryl methyl sites for hydroxylation is 1. The van der Waals surface area contributed by atoms with Gasteiger partial charge in [-0.25, -0.2) is 10.2 Å². The molecule has 6 nitrogen and oxygen atoms in total. The largest absolute Gasteiger partial charge is 0.482 e. The first kappa shape index (κ1) is 23.8. The number of hydrogen-bond donors (Lipinski definition) is 1. The van der Waals surface area contributed by atoms with Crippen molar-refractivity contribution in [3.63, 3.8) is 0 Å². The number of nitrogens with one attached hydrogen (secondary N) is 1. The fourth-order valence-electron chi connectivity index (χ4n) is 2.59. The molecule has 0 spiro atoms. The van der Waals surface area contributed by atoms with Crippen LogP contribution in [0.1, 0.15) is 21.5 Å².